The number of para-hydroxylation sites is 1. The molecule has 6 heteroatoms. The highest BCUT2D eigenvalue weighted by Crippen LogP contribution is 2.30. The van der Waals surface area contributed by atoms with E-state index in [0.717, 1.165) is 40.4 Å². The highest BCUT2D eigenvalue weighted by Gasteiger charge is 2.06. The summed E-state index contributed by atoms with van der Waals surface area (Å²) in [5.41, 5.74) is 1.62. The molecule has 0 radical (unpaired) electrons. The predicted octanol–water partition coefficient (Wildman–Crippen LogP) is 5.38. The van der Waals surface area contributed by atoms with Gasteiger partial charge >= 0.3 is 0 Å². The molecule has 0 unspecified atom stereocenters. The first-order valence-electron chi connectivity index (χ1n) is 8.61. The molecule has 26 heavy (non-hydrogen) atoms. The zero-order valence-corrected chi connectivity index (χ0v) is 15.0. The molecule has 0 aliphatic rings. The molecule has 5 nitrogen and oxygen atoms in total. The van der Waals surface area contributed by atoms with Gasteiger partial charge in [0.1, 0.15) is 17.6 Å². The highest BCUT2D eigenvalue weighted by molar-refractivity contribution is 7.20. The maximum absolute atomic E-state index is 9.57. The number of aromatic nitrogens is 1. The molecule has 0 atom stereocenters. The zero-order chi connectivity index (χ0) is 17.8. The van der Waals surface area contributed by atoms with Crippen molar-refractivity contribution in [1.29, 1.82) is 0 Å². The van der Waals surface area contributed by atoms with Crippen molar-refractivity contribution in [3.63, 3.8) is 0 Å². The maximum atomic E-state index is 9.57. The van der Waals surface area contributed by atoms with E-state index in [2.05, 4.69) is 11.1 Å². The lowest BCUT2D eigenvalue weighted by Gasteiger charge is -2.06. The van der Waals surface area contributed by atoms with Crippen molar-refractivity contribution in [2.45, 2.75) is 19.3 Å². The molecule has 134 valence electrons. The fourth-order valence-electron chi connectivity index (χ4n) is 2.73. The van der Waals surface area contributed by atoms with Crippen LogP contribution in [0.3, 0.4) is 0 Å². The van der Waals surface area contributed by atoms with Crippen molar-refractivity contribution in [1.82, 2.24) is 4.98 Å². The first kappa shape index (κ1) is 16.7. The van der Waals surface area contributed by atoms with E-state index >= 15 is 0 Å². The molecule has 2 aromatic heterocycles. The van der Waals surface area contributed by atoms with Crippen LogP contribution in [-0.2, 0) is 0 Å². The van der Waals surface area contributed by atoms with E-state index in [4.69, 9.17) is 13.9 Å². The quantitative estimate of drug-likeness (QED) is 0.423. The topological polar surface area (TPSA) is 64.7 Å². The first-order chi connectivity index (χ1) is 12.8. The first-order valence-corrected chi connectivity index (χ1v) is 9.43. The van der Waals surface area contributed by atoms with Gasteiger partial charge in [0.05, 0.1) is 28.8 Å². The summed E-state index contributed by atoms with van der Waals surface area (Å²) in [5.74, 6) is 0.900. The summed E-state index contributed by atoms with van der Waals surface area (Å²) in [6.45, 7) is 1.30. The highest BCUT2D eigenvalue weighted by atomic mass is 32.1. The minimum Gasteiger partial charge on any atom is -0.504 e. The summed E-state index contributed by atoms with van der Waals surface area (Å²) in [6.07, 6.45) is 4.27. The molecule has 4 aromatic rings. The second-order valence-corrected chi connectivity index (χ2v) is 6.98. The molecular weight excluding hydrogens is 350 g/mol. The molecule has 2 aromatic carbocycles. The Morgan fingerprint density at radius 1 is 1.00 bits per heavy atom. The van der Waals surface area contributed by atoms with Gasteiger partial charge in [0, 0.05) is 6.07 Å². The van der Waals surface area contributed by atoms with E-state index in [9.17, 15) is 5.11 Å². The summed E-state index contributed by atoms with van der Waals surface area (Å²) < 4.78 is 17.9. The van der Waals surface area contributed by atoms with Gasteiger partial charge in [-0.25, -0.2) is 4.98 Å². The van der Waals surface area contributed by atoms with E-state index in [1.807, 2.05) is 24.3 Å². The van der Waals surface area contributed by atoms with Gasteiger partial charge in [0.15, 0.2) is 5.75 Å². The summed E-state index contributed by atoms with van der Waals surface area (Å²) in [7, 11) is 0. The van der Waals surface area contributed by atoms with Crippen LogP contribution in [0.2, 0.25) is 0 Å². The van der Waals surface area contributed by atoms with Gasteiger partial charge in [0.25, 0.3) is 5.19 Å². The molecule has 2 heterocycles. The van der Waals surface area contributed by atoms with Gasteiger partial charge in [-0.05, 0) is 43.5 Å². The fraction of sp³-hybridized carbons (Fsp3) is 0.250. The van der Waals surface area contributed by atoms with Crippen LogP contribution in [0.5, 0.6) is 16.7 Å². The maximum Gasteiger partial charge on any atom is 0.274 e. The fourth-order valence-corrected chi connectivity index (χ4v) is 3.57. The number of hydrogen-bond acceptors (Lipinski definition) is 6. The molecule has 0 fully saturated rings. The van der Waals surface area contributed by atoms with Crippen molar-refractivity contribution < 1.29 is 19.0 Å². The Morgan fingerprint density at radius 3 is 2.73 bits per heavy atom. The number of ether oxygens (including phenoxy) is 2. The number of benzene rings is 2. The summed E-state index contributed by atoms with van der Waals surface area (Å²) in [5, 5.41) is 11.0. The van der Waals surface area contributed by atoms with Crippen LogP contribution in [0.25, 0.3) is 21.2 Å². The smallest absolute Gasteiger partial charge is 0.274 e. The number of aromatic hydroxyl groups is 1. The van der Waals surface area contributed by atoms with Crippen LogP contribution in [0, 0.1) is 0 Å². The number of rotatable bonds is 8. The number of hydrogen-bond donors (Lipinski definition) is 1. The predicted molar refractivity (Wildman–Crippen MR) is 102 cm³/mol. The van der Waals surface area contributed by atoms with E-state index < -0.39 is 0 Å². The molecule has 0 aliphatic carbocycles. The van der Waals surface area contributed by atoms with Gasteiger partial charge in [-0.1, -0.05) is 23.5 Å². The van der Waals surface area contributed by atoms with Gasteiger partial charge in [0.2, 0.25) is 0 Å². The van der Waals surface area contributed by atoms with Crippen LogP contribution in [0.1, 0.15) is 19.3 Å². The van der Waals surface area contributed by atoms with Gasteiger partial charge in [-0.2, -0.15) is 0 Å². The lowest BCUT2D eigenvalue weighted by molar-refractivity contribution is 0.279. The molecule has 0 spiro atoms. The summed E-state index contributed by atoms with van der Waals surface area (Å²) in [6, 6.07) is 13.5. The average molecular weight is 369 g/mol. The molecular formula is C20H19NO4S. The number of thiazole rings is 1. The SMILES string of the molecule is Oc1coc2cc(OCCCCCOc3nc4ccccc4s3)ccc12. The number of unbranched alkanes of at least 4 members (excludes halogenated alkanes) is 2. The molecule has 0 bridgehead atoms. The monoisotopic (exact) mass is 369 g/mol. The molecule has 4 rings (SSSR count). The molecule has 0 amide bonds. The van der Waals surface area contributed by atoms with E-state index in [1.54, 1.807) is 23.5 Å². The van der Waals surface area contributed by atoms with Crippen molar-refractivity contribution >= 4 is 32.5 Å². The Balaban J connectivity index is 1.16. The minimum absolute atomic E-state index is 0.152. The standard InChI is InChI=1S/C20H19NO4S/c22-17-13-25-18-12-14(8-9-15(17)18)23-10-4-1-5-11-24-20-21-16-6-2-3-7-19(16)26-20/h2-3,6-9,12-13,22H,1,4-5,10-11H2. The third kappa shape index (κ3) is 3.75. The lowest BCUT2D eigenvalue weighted by atomic mass is 10.2. The van der Waals surface area contributed by atoms with Crippen molar-refractivity contribution in [3.8, 4) is 16.7 Å². The molecule has 0 aliphatic heterocycles. The Kier molecular flexibility index (Phi) is 4.93. The second-order valence-electron chi connectivity index (χ2n) is 5.98. The Hall–Kier alpha value is -2.73. The van der Waals surface area contributed by atoms with E-state index in [0.29, 0.717) is 24.2 Å². The Labute approximate surface area is 154 Å². The van der Waals surface area contributed by atoms with Gasteiger partial charge in [-0.3, -0.25) is 0 Å². The second kappa shape index (κ2) is 7.66. The largest absolute Gasteiger partial charge is 0.504 e. The van der Waals surface area contributed by atoms with Crippen molar-refractivity contribution in [3.05, 3.63) is 48.7 Å². The third-order valence-electron chi connectivity index (χ3n) is 4.08. The molecule has 0 saturated carbocycles. The van der Waals surface area contributed by atoms with Crippen LogP contribution >= 0.6 is 11.3 Å². The average Bonchev–Trinajstić information content (AvgIpc) is 3.24. The van der Waals surface area contributed by atoms with Crippen LogP contribution in [0.15, 0.2) is 53.1 Å². The minimum atomic E-state index is 0.152. The van der Waals surface area contributed by atoms with Gasteiger partial charge < -0.3 is 19.0 Å². The Morgan fingerprint density at radius 2 is 1.85 bits per heavy atom. The summed E-state index contributed by atoms with van der Waals surface area (Å²) in [4.78, 5) is 4.46. The molecule has 1 N–H and O–H groups in total. The van der Waals surface area contributed by atoms with Crippen LogP contribution < -0.4 is 9.47 Å². The summed E-state index contributed by atoms with van der Waals surface area (Å²) >= 11 is 1.58. The molecule has 0 saturated heterocycles. The zero-order valence-electron chi connectivity index (χ0n) is 14.2. The number of nitrogens with zero attached hydrogens (tertiary/aromatic N) is 1. The van der Waals surface area contributed by atoms with E-state index in [1.165, 1.54) is 6.26 Å². The normalized spacial score (nSPS) is 11.2. The number of furan rings is 1. The third-order valence-corrected chi connectivity index (χ3v) is 5.03. The van der Waals surface area contributed by atoms with E-state index in [-0.39, 0.29) is 5.75 Å². The van der Waals surface area contributed by atoms with Crippen LogP contribution in [0.4, 0.5) is 0 Å². The van der Waals surface area contributed by atoms with Crippen molar-refractivity contribution in [2.75, 3.05) is 13.2 Å². The Bertz CT molecular complexity index is 974. The lowest BCUT2D eigenvalue weighted by Crippen LogP contribution is -2.00. The van der Waals surface area contributed by atoms with Crippen LogP contribution in [-0.4, -0.2) is 23.3 Å². The number of fused-ring (bicyclic) bond motifs is 2. The van der Waals surface area contributed by atoms with Gasteiger partial charge in [-0.15, -0.1) is 0 Å². The van der Waals surface area contributed by atoms with Crippen molar-refractivity contribution in [2.24, 2.45) is 0 Å².